The molecule has 0 heterocycles. The van der Waals surface area contributed by atoms with Crippen molar-refractivity contribution in [1.82, 2.24) is 4.90 Å². The van der Waals surface area contributed by atoms with E-state index in [-0.39, 0.29) is 17.7 Å². The molecule has 0 unspecified atom stereocenters. The highest BCUT2D eigenvalue weighted by molar-refractivity contribution is 5.89. The van der Waals surface area contributed by atoms with Crippen LogP contribution in [0.1, 0.15) is 50.3 Å². The number of aromatic hydroxyl groups is 1. The standard InChI is InChI=1S/C22H30N2O3/c1-7-24(8-2)22(26)23-17-11-15(5)21(16(6)12-17)27-18-9-10-20(25)19(13-18)14(3)4/h9-14,25H,7-8H2,1-6H3,(H,23,26). The smallest absolute Gasteiger partial charge is 0.321 e. The van der Waals surface area contributed by atoms with Crippen LogP contribution in [0, 0.1) is 13.8 Å². The molecule has 0 saturated heterocycles. The Labute approximate surface area is 162 Å². The van der Waals surface area contributed by atoms with Gasteiger partial charge in [0.2, 0.25) is 0 Å². The Balaban J connectivity index is 2.25. The van der Waals surface area contributed by atoms with Crippen molar-refractivity contribution >= 4 is 11.7 Å². The van der Waals surface area contributed by atoms with E-state index in [0.717, 1.165) is 28.1 Å². The molecule has 146 valence electrons. The predicted molar refractivity (Wildman–Crippen MR) is 110 cm³/mol. The Morgan fingerprint density at radius 1 is 1.11 bits per heavy atom. The van der Waals surface area contributed by atoms with Gasteiger partial charge in [0.05, 0.1) is 0 Å². The third-order valence-electron chi connectivity index (χ3n) is 4.60. The number of amides is 2. The molecule has 0 radical (unpaired) electrons. The number of aryl methyl sites for hydroxylation is 2. The van der Waals surface area contributed by atoms with Gasteiger partial charge in [-0.1, -0.05) is 13.8 Å². The van der Waals surface area contributed by atoms with E-state index in [1.165, 1.54) is 0 Å². The Bertz CT molecular complexity index is 788. The van der Waals surface area contributed by atoms with Gasteiger partial charge in [-0.25, -0.2) is 4.79 Å². The molecule has 2 amide bonds. The molecular weight excluding hydrogens is 340 g/mol. The summed E-state index contributed by atoms with van der Waals surface area (Å²) in [6.07, 6.45) is 0. The summed E-state index contributed by atoms with van der Waals surface area (Å²) in [6.45, 7) is 13.2. The molecule has 5 nitrogen and oxygen atoms in total. The molecule has 0 aliphatic rings. The van der Waals surface area contributed by atoms with Gasteiger partial charge >= 0.3 is 6.03 Å². The Morgan fingerprint density at radius 3 is 2.22 bits per heavy atom. The molecule has 0 aliphatic carbocycles. The maximum atomic E-state index is 12.3. The van der Waals surface area contributed by atoms with Gasteiger partial charge in [-0.2, -0.15) is 0 Å². The number of rotatable bonds is 6. The zero-order valence-electron chi connectivity index (χ0n) is 17.1. The van der Waals surface area contributed by atoms with Crippen molar-refractivity contribution in [1.29, 1.82) is 0 Å². The molecule has 0 fully saturated rings. The molecule has 2 aromatic carbocycles. The average molecular weight is 370 g/mol. The van der Waals surface area contributed by atoms with Gasteiger partial charge in [-0.05, 0) is 75.1 Å². The van der Waals surface area contributed by atoms with Crippen LogP contribution in [-0.2, 0) is 0 Å². The molecule has 0 atom stereocenters. The minimum Gasteiger partial charge on any atom is -0.508 e. The molecule has 27 heavy (non-hydrogen) atoms. The molecule has 0 bridgehead atoms. The largest absolute Gasteiger partial charge is 0.508 e. The quantitative estimate of drug-likeness (QED) is 0.675. The highest BCUT2D eigenvalue weighted by Crippen LogP contribution is 2.35. The minimum absolute atomic E-state index is 0.104. The van der Waals surface area contributed by atoms with Crippen molar-refractivity contribution in [2.75, 3.05) is 18.4 Å². The van der Waals surface area contributed by atoms with E-state index in [4.69, 9.17) is 4.74 Å². The van der Waals surface area contributed by atoms with Gasteiger partial charge in [-0.15, -0.1) is 0 Å². The number of hydrogen-bond donors (Lipinski definition) is 2. The maximum Gasteiger partial charge on any atom is 0.321 e. The van der Waals surface area contributed by atoms with Crippen LogP contribution >= 0.6 is 0 Å². The lowest BCUT2D eigenvalue weighted by Gasteiger charge is -2.20. The molecule has 5 heteroatoms. The van der Waals surface area contributed by atoms with Crippen LogP contribution in [0.3, 0.4) is 0 Å². The van der Waals surface area contributed by atoms with Crippen molar-refractivity contribution in [2.24, 2.45) is 0 Å². The number of urea groups is 1. The number of phenolic OH excluding ortho intramolecular Hbond substituents is 1. The predicted octanol–water partition coefficient (Wildman–Crippen LogP) is 5.80. The first-order valence-electron chi connectivity index (χ1n) is 9.44. The van der Waals surface area contributed by atoms with Crippen LogP contribution in [0.15, 0.2) is 30.3 Å². The Morgan fingerprint density at radius 2 is 1.70 bits per heavy atom. The summed E-state index contributed by atoms with van der Waals surface area (Å²) < 4.78 is 6.10. The number of ether oxygens (including phenoxy) is 1. The number of carbonyl (C=O) groups excluding carboxylic acids is 1. The van der Waals surface area contributed by atoms with E-state index in [1.54, 1.807) is 17.0 Å². The van der Waals surface area contributed by atoms with Gasteiger partial charge < -0.3 is 20.1 Å². The van der Waals surface area contributed by atoms with E-state index < -0.39 is 0 Å². The number of phenols is 1. The number of benzene rings is 2. The van der Waals surface area contributed by atoms with Gasteiger partial charge in [0.25, 0.3) is 0 Å². The van der Waals surface area contributed by atoms with Crippen molar-refractivity contribution in [3.63, 3.8) is 0 Å². The summed E-state index contributed by atoms with van der Waals surface area (Å²) in [7, 11) is 0. The first-order chi connectivity index (χ1) is 12.8. The summed E-state index contributed by atoms with van der Waals surface area (Å²) in [5, 5.41) is 12.9. The summed E-state index contributed by atoms with van der Waals surface area (Å²) in [5.41, 5.74) is 3.47. The minimum atomic E-state index is -0.104. The lowest BCUT2D eigenvalue weighted by atomic mass is 10.0. The van der Waals surface area contributed by atoms with Gasteiger partial charge in [-0.3, -0.25) is 0 Å². The van der Waals surface area contributed by atoms with Gasteiger partial charge in [0.1, 0.15) is 17.2 Å². The van der Waals surface area contributed by atoms with Crippen molar-refractivity contribution < 1.29 is 14.6 Å². The molecule has 0 spiro atoms. The molecule has 2 N–H and O–H groups in total. The molecular formula is C22H30N2O3. The second kappa shape index (κ2) is 8.80. The first-order valence-corrected chi connectivity index (χ1v) is 9.44. The number of nitrogens with one attached hydrogen (secondary N) is 1. The van der Waals surface area contributed by atoms with Crippen molar-refractivity contribution in [3.05, 3.63) is 47.0 Å². The van der Waals surface area contributed by atoms with E-state index in [9.17, 15) is 9.90 Å². The Kier molecular flexibility index (Phi) is 6.72. The SMILES string of the molecule is CCN(CC)C(=O)Nc1cc(C)c(Oc2ccc(O)c(C(C)C)c2)c(C)c1. The normalized spacial score (nSPS) is 10.8. The van der Waals surface area contributed by atoms with Gasteiger partial charge in [0, 0.05) is 24.3 Å². The van der Waals surface area contributed by atoms with Crippen LogP contribution in [0.4, 0.5) is 10.5 Å². The summed E-state index contributed by atoms with van der Waals surface area (Å²) in [5.74, 6) is 1.92. The second-order valence-corrected chi connectivity index (χ2v) is 7.02. The number of anilines is 1. The highest BCUT2D eigenvalue weighted by atomic mass is 16.5. The molecule has 2 rings (SSSR count). The Hall–Kier alpha value is -2.69. The summed E-state index contributed by atoms with van der Waals surface area (Å²) in [4.78, 5) is 14.0. The van der Waals surface area contributed by atoms with E-state index in [1.807, 2.05) is 59.7 Å². The highest BCUT2D eigenvalue weighted by Gasteiger charge is 2.14. The van der Waals surface area contributed by atoms with Crippen LogP contribution < -0.4 is 10.1 Å². The number of hydrogen-bond acceptors (Lipinski definition) is 3. The summed E-state index contributed by atoms with van der Waals surface area (Å²) in [6, 6.07) is 9.01. The molecule has 0 aliphatic heterocycles. The topological polar surface area (TPSA) is 61.8 Å². The molecule has 0 aromatic heterocycles. The number of carbonyl (C=O) groups is 1. The van der Waals surface area contributed by atoms with Crippen LogP contribution in [0.2, 0.25) is 0 Å². The van der Waals surface area contributed by atoms with E-state index >= 15 is 0 Å². The third-order valence-corrected chi connectivity index (χ3v) is 4.60. The average Bonchev–Trinajstić information content (AvgIpc) is 2.60. The van der Waals surface area contributed by atoms with Crippen LogP contribution in [0.25, 0.3) is 0 Å². The fraction of sp³-hybridized carbons (Fsp3) is 0.409. The zero-order valence-corrected chi connectivity index (χ0v) is 17.1. The summed E-state index contributed by atoms with van der Waals surface area (Å²) >= 11 is 0. The van der Waals surface area contributed by atoms with Gasteiger partial charge in [0.15, 0.2) is 0 Å². The third kappa shape index (κ3) is 4.94. The van der Waals surface area contributed by atoms with Crippen LogP contribution in [-0.4, -0.2) is 29.1 Å². The number of nitrogens with zero attached hydrogens (tertiary/aromatic N) is 1. The lowest BCUT2D eigenvalue weighted by molar-refractivity contribution is 0.217. The molecule has 2 aromatic rings. The molecule has 0 saturated carbocycles. The fourth-order valence-corrected chi connectivity index (χ4v) is 3.07. The zero-order chi connectivity index (χ0) is 20.1. The van der Waals surface area contributed by atoms with Crippen molar-refractivity contribution in [2.45, 2.75) is 47.5 Å². The lowest BCUT2D eigenvalue weighted by Crippen LogP contribution is -2.34. The van der Waals surface area contributed by atoms with E-state index in [2.05, 4.69) is 5.32 Å². The fourth-order valence-electron chi connectivity index (χ4n) is 3.07. The first kappa shape index (κ1) is 20.6. The second-order valence-electron chi connectivity index (χ2n) is 7.02. The van der Waals surface area contributed by atoms with Crippen LogP contribution in [0.5, 0.6) is 17.2 Å². The van der Waals surface area contributed by atoms with Crippen molar-refractivity contribution in [3.8, 4) is 17.2 Å². The monoisotopic (exact) mass is 370 g/mol. The maximum absolute atomic E-state index is 12.3. The van der Waals surface area contributed by atoms with E-state index in [0.29, 0.717) is 18.8 Å².